The van der Waals surface area contributed by atoms with Gasteiger partial charge in [0.25, 0.3) is 5.91 Å². The second-order valence-corrected chi connectivity index (χ2v) is 7.91. The van der Waals surface area contributed by atoms with Crippen LogP contribution in [0.1, 0.15) is 34.8 Å². The van der Waals surface area contributed by atoms with E-state index >= 15 is 0 Å². The van der Waals surface area contributed by atoms with Crippen LogP contribution >= 0.6 is 11.6 Å². The molecular weight excluding hydrogens is 435 g/mol. The summed E-state index contributed by atoms with van der Waals surface area (Å²) in [5.41, 5.74) is 2.17. The Balaban J connectivity index is 1.73. The average Bonchev–Trinajstić information content (AvgIpc) is 3.25. The zero-order valence-corrected chi connectivity index (χ0v) is 18.6. The van der Waals surface area contributed by atoms with Gasteiger partial charge in [-0.2, -0.15) is 5.10 Å². The van der Waals surface area contributed by atoms with Crippen LogP contribution in [-0.4, -0.2) is 43.0 Å². The summed E-state index contributed by atoms with van der Waals surface area (Å²) >= 11 is 6.25. The Labute approximate surface area is 190 Å². The molecule has 1 aliphatic rings. The molecule has 9 heteroatoms. The van der Waals surface area contributed by atoms with Crippen LogP contribution in [0.25, 0.3) is 5.69 Å². The highest BCUT2D eigenvalue weighted by Gasteiger charge is 2.27. The number of rotatable bonds is 6. The van der Waals surface area contributed by atoms with E-state index in [9.17, 15) is 9.18 Å². The number of carbonyl (C=O) groups excluding carboxylic acids is 1. The first-order chi connectivity index (χ1) is 15.5. The van der Waals surface area contributed by atoms with Gasteiger partial charge in [-0.1, -0.05) is 17.7 Å². The van der Waals surface area contributed by atoms with E-state index in [0.717, 1.165) is 31.6 Å². The van der Waals surface area contributed by atoms with E-state index in [1.54, 1.807) is 28.9 Å². The number of halogens is 2. The lowest BCUT2D eigenvalue weighted by molar-refractivity contribution is 0.102. The first kappa shape index (κ1) is 22.1. The molecule has 0 spiro atoms. The molecule has 0 atom stereocenters. The van der Waals surface area contributed by atoms with Gasteiger partial charge < -0.3 is 20.1 Å². The number of carbonyl (C=O) groups is 1. The molecule has 0 bridgehead atoms. The monoisotopic (exact) mass is 458 g/mol. The minimum Gasteiger partial charge on any atom is -0.495 e. The van der Waals surface area contributed by atoms with Crippen molar-refractivity contribution in [3.8, 4) is 17.2 Å². The van der Waals surface area contributed by atoms with Crippen molar-refractivity contribution in [3.63, 3.8) is 0 Å². The molecule has 1 fully saturated rings. The molecule has 4 rings (SSSR count). The van der Waals surface area contributed by atoms with Crippen LogP contribution in [0.5, 0.6) is 11.5 Å². The van der Waals surface area contributed by atoms with Crippen LogP contribution in [0.3, 0.4) is 0 Å². The van der Waals surface area contributed by atoms with E-state index in [1.165, 1.54) is 32.5 Å². The summed E-state index contributed by atoms with van der Waals surface area (Å²) < 4.78 is 26.2. The molecule has 0 saturated carbocycles. The number of nitrogens with zero attached hydrogens (tertiary/aromatic N) is 2. The number of methoxy groups -OCH3 is 2. The Morgan fingerprint density at radius 1 is 1.19 bits per heavy atom. The highest BCUT2D eigenvalue weighted by molar-refractivity contribution is 6.32. The Morgan fingerprint density at radius 3 is 2.62 bits per heavy atom. The van der Waals surface area contributed by atoms with Gasteiger partial charge in [0.05, 0.1) is 48.1 Å². The molecule has 1 amide bonds. The van der Waals surface area contributed by atoms with Gasteiger partial charge in [-0.25, -0.2) is 9.07 Å². The maximum atomic E-state index is 13.9. The number of piperidine rings is 1. The van der Waals surface area contributed by atoms with Crippen molar-refractivity contribution in [2.75, 3.05) is 32.6 Å². The number of hydrogen-bond acceptors (Lipinski definition) is 5. The summed E-state index contributed by atoms with van der Waals surface area (Å²) in [4.78, 5) is 13.3. The van der Waals surface area contributed by atoms with Gasteiger partial charge in [-0.05, 0) is 50.2 Å². The number of anilines is 1. The van der Waals surface area contributed by atoms with Crippen LogP contribution in [0.4, 0.5) is 10.1 Å². The van der Waals surface area contributed by atoms with Crippen LogP contribution in [-0.2, 0) is 0 Å². The van der Waals surface area contributed by atoms with Crippen LogP contribution in [0.2, 0.25) is 5.02 Å². The first-order valence-corrected chi connectivity index (χ1v) is 10.7. The van der Waals surface area contributed by atoms with E-state index in [1.807, 2.05) is 0 Å². The average molecular weight is 459 g/mol. The molecule has 0 aliphatic carbocycles. The third kappa shape index (κ3) is 4.42. The maximum absolute atomic E-state index is 13.9. The molecule has 1 aliphatic heterocycles. The van der Waals surface area contributed by atoms with Crippen molar-refractivity contribution in [1.82, 2.24) is 15.1 Å². The van der Waals surface area contributed by atoms with Gasteiger partial charge >= 0.3 is 0 Å². The first-order valence-electron chi connectivity index (χ1n) is 10.3. The Bertz CT molecular complexity index is 1130. The number of benzene rings is 2. The summed E-state index contributed by atoms with van der Waals surface area (Å²) in [6, 6.07) is 9.38. The predicted molar refractivity (Wildman–Crippen MR) is 121 cm³/mol. The smallest absolute Gasteiger partial charge is 0.259 e. The fourth-order valence-electron chi connectivity index (χ4n) is 3.98. The van der Waals surface area contributed by atoms with Gasteiger partial charge in [0.2, 0.25) is 0 Å². The quantitative estimate of drug-likeness (QED) is 0.572. The second kappa shape index (κ2) is 9.58. The fraction of sp³-hybridized carbons (Fsp3) is 0.304. The van der Waals surface area contributed by atoms with Crippen LogP contribution in [0, 0.1) is 5.82 Å². The molecule has 2 heterocycles. The van der Waals surface area contributed by atoms with Crippen molar-refractivity contribution >= 4 is 23.2 Å². The van der Waals surface area contributed by atoms with Crippen molar-refractivity contribution in [2.45, 2.75) is 18.8 Å². The van der Waals surface area contributed by atoms with Crippen molar-refractivity contribution in [3.05, 3.63) is 64.7 Å². The second-order valence-electron chi connectivity index (χ2n) is 7.50. The summed E-state index contributed by atoms with van der Waals surface area (Å²) in [5, 5.41) is 11.0. The van der Waals surface area contributed by atoms with Gasteiger partial charge in [0.1, 0.15) is 17.3 Å². The molecule has 1 aromatic heterocycles. The van der Waals surface area contributed by atoms with Crippen LogP contribution < -0.4 is 20.1 Å². The summed E-state index contributed by atoms with van der Waals surface area (Å²) in [6.45, 7) is 1.67. The van der Waals surface area contributed by atoms with E-state index in [4.69, 9.17) is 21.1 Å². The minimum absolute atomic E-state index is 0.101. The largest absolute Gasteiger partial charge is 0.495 e. The van der Waals surface area contributed by atoms with Gasteiger partial charge in [-0.15, -0.1) is 0 Å². The molecule has 1 saturated heterocycles. The van der Waals surface area contributed by atoms with E-state index in [-0.39, 0.29) is 17.6 Å². The Kier molecular flexibility index (Phi) is 6.62. The van der Waals surface area contributed by atoms with Gasteiger partial charge in [0, 0.05) is 12.0 Å². The van der Waals surface area contributed by atoms with Crippen molar-refractivity contribution < 1.29 is 18.7 Å². The summed E-state index contributed by atoms with van der Waals surface area (Å²) in [6.07, 6.45) is 3.22. The standard InChI is InChI=1S/C23H24ClFN4O3/c1-31-20-12-21(32-2)19(11-18(20)24)28-23(30)17-13-27-29(16-5-3-4-15(25)10-16)22(17)14-6-8-26-9-7-14/h3-5,10-14,26H,6-9H2,1-2H3,(H,28,30). The number of hydrogen-bond donors (Lipinski definition) is 2. The molecule has 2 N–H and O–H groups in total. The summed E-state index contributed by atoms with van der Waals surface area (Å²) in [5.74, 6) is 0.249. The lowest BCUT2D eigenvalue weighted by Crippen LogP contribution is -2.29. The fourth-order valence-corrected chi connectivity index (χ4v) is 4.22. The van der Waals surface area contributed by atoms with Gasteiger partial charge in [0.15, 0.2) is 0 Å². The molecule has 2 aromatic carbocycles. The Morgan fingerprint density at radius 2 is 1.94 bits per heavy atom. The van der Waals surface area contributed by atoms with E-state index in [2.05, 4.69) is 15.7 Å². The highest BCUT2D eigenvalue weighted by atomic mass is 35.5. The number of aromatic nitrogens is 2. The zero-order valence-electron chi connectivity index (χ0n) is 17.8. The number of amides is 1. The molecule has 7 nitrogen and oxygen atoms in total. The Hall–Kier alpha value is -3.10. The third-order valence-corrected chi connectivity index (χ3v) is 5.85. The molecule has 0 unspecified atom stereocenters. The lowest BCUT2D eigenvalue weighted by Gasteiger charge is -2.25. The SMILES string of the molecule is COc1cc(OC)c(NC(=O)c2cnn(-c3cccc(F)c3)c2C2CCNCC2)cc1Cl. The molecular formula is C23H24ClFN4O3. The molecule has 0 radical (unpaired) electrons. The zero-order chi connectivity index (χ0) is 22.7. The summed E-state index contributed by atoms with van der Waals surface area (Å²) in [7, 11) is 3.01. The normalized spacial score (nSPS) is 14.2. The van der Waals surface area contributed by atoms with E-state index < -0.39 is 0 Å². The molecule has 168 valence electrons. The van der Waals surface area contributed by atoms with Crippen molar-refractivity contribution in [1.29, 1.82) is 0 Å². The predicted octanol–water partition coefficient (Wildman–Crippen LogP) is 4.40. The van der Waals surface area contributed by atoms with Crippen molar-refractivity contribution in [2.24, 2.45) is 0 Å². The third-order valence-electron chi connectivity index (χ3n) is 5.55. The number of ether oxygens (including phenoxy) is 2. The molecule has 3 aromatic rings. The van der Waals surface area contributed by atoms with Crippen LogP contribution in [0.15, 0.2) is 42.6 Å². The lowest BCUT2D eigenvalue weighted by atomic mass is 9.91. The van der Waals surface area contributed by atoms with E-state index in [0.29, 0.717) is 33.5 Å². The highest BCUT2D eigenvalue weighted by Crippen LogP contribution is 2.37. The maximum Gasteiger partial charge on any atom is 0.259 e. The number of nitrogens with one attached hydrogen (secondary N) is 2. The topological polar surface area (TPSA) is 77.4 Å². The van der Waals surface area contributed by atoms with Gasteiger partial charge in [-0.3, -0.25) is 4.79 Å². The molecule has 32 heavy (non-hydrogen) atoms. The minimum atomic E-state index is -0.363.